The topological polar surface area (TPSA) is 78.7 Å². The summed E-state index contributed by atoms with van der Waals surface area (Å²) in [6.45, 7) is 7.76. The first-order valence-electron chi connectivity index (χ1n) is 10.2. The Labute approximate surface area is 175 Å². The first-order valence-corrected chi connectivity index (χ1v) is 11.1. The van der Waals surface area contributed by atoms with Gasteiger partial charge in [-0.25, -0.2) is 0 Å². The number of carbonyl (C=O) groups is 2. The van der Waals surface area contributed by atoms with Crippen molar-refractivity contribution in [3.63, 3.8) is 0 Å². The van der Waals surface area contributed by atoms with Crippen molar-refractivity contribution >= 4 is 23.2 Å². The molecule has 2 aliphatic rings. The molecule has 2 amide bonds. The third-order valence-corrected chi connectivity index (χ3v) is 7.16. The summed E-state index contributed by atoms with van der Waals surface area (Å²) >= 11 is 1.67. The smallest absolute Gasteiger partial charge is 0.255 e. The highest BCUT2D eigenvalue weighted by Gasteiger charge is 2.31. The number of fused-ring (bicyclic) bond motifs is 1. The zero-order valence-electron chi connectivity index (χ0n) is 17.3. The second-order valence-corrected chi connectivity index (χ2v) is 8.98. The van der Waals surface area contributed by atoms with E-state index in [1.807, 2.05) is 24.1 Å². The van der Waals surface area contributed by atoms with Crippen LogP contribution >= 0.6 is 11.3 Å². The van der Waals surface area contributed by atoms with Gasteiger partial charge in [-0.1, -0.05) is 5.16 Å². The van der Waals surface area contributed by atoms with Gasteiger partial charge in [0.1, 0.15) is 5.76 Å². The Bertz CT molecular complexity index is 900. The SMILES string of the molecule is CNC(=O)[C@H]1CCCN(C(=O)c2csc3c2CCN(Cc2c(C)noc2C)C3)C1. The second-order valence-electron chi connectivity index (χ2n) is 8.02. The lowest BCUT2D eigenvalue weighted by molar-refractivity contribution is -0.125. The van der Waals surface area contributed by atoms with E-state index in [1.165, 1.54) is 10.4 Å². The minimum Gasteiger partial charge on any atom is -0.361 e. The van der Waals surface area contributed by atoms with Crippen molar-refractivity contribution in [2.45, 2.75) is 46.2 Å². The van der Waals surface area contributed by atoms with Gasteiger partial charge in [-0.15, -0.1) is 11.3 Å². The molecule has 0 spiro atoms. The number of aryl methyl sites for hydroxylation is 2. The number of aromatic nitrogens is 1. The van der Waals surface area contributed by atoms with Gasteiger partial charge < -0.3 is 14.7 Å². The molecule has 2 aromatic rings. The van der Waals surface area contributed by atoms with Crippen molar-refractivity contribution in [3.05, 3.63) is 38.4 Å². The van der Waals surface area contributed by atoms with Crippen LogP contribution in [0, 0.1) is 19.8 Å². The lowest BCUT2D eigenvalue weighted by Gasteiger charge is -2.32. The lowest BCUT2D eigenvalue weighted by atomic mass is 9.95. The summed E-state index contributed by atoms with van der Waals surface area (Å²) in [5, 5.41) is 8.78. The fourth-order valence-electron chi connectivity index (χ4n) is 4.40. The average molecular weight is 417 g/mol. The van der Waals surface area contributed by atoms with Crippen molar-refractivity contribution in [2.75, 3.05) is 26.7 Å². The molecule has 1 N–H and O–H groups in total. The van der Waals surface area contributed by atoms with Crippen LogP contribution in [0.3, 0.4) is 0 Å². The van der Waals surface area contributed by atoms with Gasteiger partial charge in [-0.2, -0.15) is 0 Å². The van der Waals surface area contributed by atoms with E-state index < -0.39 is 0 Å². The minimum absolute atomic E-state index is 0.0322. The molecule has 1 saturated heterocycles. The number of likely N-dealkylation sites (tertiary alicyclic amines) is 1. The van der Waals surface area contributed by atoms with Crippen LogP contribution in [0.25, 0.3) is 0 Å². The molecule has 156 valence electrons. The Morgan fingerprint density at radius 1 is 1.34 bits per heavy atom. The highest BCUT2D eigenvalue weighted by atomic mass is 32.1. The summed E-state index contributed by atoms with van der Waals surface area (Å²) in [5.41, 5.74) is 4.14. The molecule has 0 unspecified atom stereocenters. The molecular formula is C21H28N4O3S. The predicted octanol–water partition coefficient (Wildman–Crippen LogP) is 2.51. The quantitative estimate of drug-likeness (QED) is 0.829. The van der Waals surface area contributed by atoms with E-state index in [1.54, 1.807) is 18.4 Å². The Kier molecular flexibility index (Phi) is 5.74. The molecule has 29 heavy (non-hydrogen) atoms. The number of hydrogen-bond acceptors (Lipinski definition) is 6. The van der Waals surface area contributed by atoms with E-state index in [4.69, 9.17) is 4.52 Å². The maximum atomic E-state index is 13.2. The van der Waals surface area contributed by atoms with Crippen LogP contribution < -0.4 is 5.32 Å². The molecule has 0 radical (unpaired) electrons. The van der Waals surface area contributed by atoms with Crippen LogP contribution in [0.2, 0.25) is 0 Å². The minimum atomic E-state index is -0.0993. The summed E-state index contributed by atoms with van der Waals surface area (Å²) in [7, 11) is 1.66. The molecule has 8 heteroatoms. The van der Waals surface area contributed by atoms with Crippen LogP contribution in [0.1, 0.15) is 50.7 Å². The number of carbonyl (C=O) groups excluding carboxylic acids is 2. The number of hydrogen-bond donors (Lipinski definition) is 1. The molecule has 4 rings (SSSR count). The van der Waals surface area contributed by atoms with Crippen LogP contribution in [-0.4, -0.2) is 53.5 Å². The fraction of sp³-hybridized carbons (Fsp3) is 0.571. The number of nitrogens with zero attached hydrogens (tertiary/aromatic N) is 3. The van der Waals surface area contributed by atoms with E-state index in [2.05, 4.69) is 15.4 Å². The van der Waals surface area contributed by atoms with Crippen LogP contribution in [-0.2, 0) is 24.3 Å². The Morgan fingerprint density at radius 2 is 2.17 bits per heavy atom. The van der Waals surface area contributed by atoms with Gasteiger partial charge in [0.2, 0.25) is 5.91 Å². The number of rotatable bonds is 4. The number of thiophene rings is 1. The Balaban J connectivity index is 1.45. The summed E-state index contributed by atoms with van der Waals surface area (Å²) in [6.07, 6.45) is 2.60. The summed E-state index contributed by atoms with van der Waals surface area (Å²) in [6, 6.07) is 0. The van der Waals surface area contributed by atoms with Gasteiger partial charge in [0.25, 0.3) is 5.91 Å². The van der Waals surface area contributed by atoms with Gasteiger partial charge >= 0.3 is 0 Å². The lowest BCUT2D eigenvalue weighted by Crippen LogP contribution is -2.45. The maximum Gasteiger partial charge on any atom is 0.255 e. The van der Waals surface area contributed by atoms with Crippen molar-refractivity contribution in [2.24, 2.45) is 5.92 Å². The fourth-order valence-corrected chi connectivity index (χ4v) is 5.51. The third-order valence-electron chi connectivity index (χ3n) is 6.15. The second kappa shape index (κ2) is 8.28. The Hall–Kier alpha value is -2.19. The van der Waals surface area contributed by atoms with E-state index in [9.17, 15) is 9.59 Å². The maximum absolute atomic E-state index is 13.2. The molecule has 0 aliphatic carbocycles. The van der Waals surface area contributed by atoms with Crippen molar-refractivity contribution < 1.29 is 14.1 Å². The molecule has 1 atom stereocenters. The highest BCUT2D eigenvalue weighted by molar-refractivity contribution is 7.10. The average Bonchev–Trinajstić information content (AvgIpc) is 3.30. The number of nitrogens with one attached hydrogen (secondary N) is 1. The van der Waals surface area contributed by atoms with Crippen molar-refractivity contribution in [3.8, 4) is 0 Å². The molecular weight excluding hydrogens is 388 g/mol. The summed E-state index contributed by atoms with van der Waals surface area (Å²) in [5.74, 6) is 0.893. The molecule has 4 heterocycles. The van der Waals surface area contributed by atoms with Crippen molar-refractivity contribution in [1.82, 2.24) is 20.3 Å². The van der Waals surface area contributed by atoms with Gasteiger partial charge in [0, 0.05) is 55.6 Å². The largest absolute Gasteiger partial charge is 0.361 e. The first-order chi connectivity index (χ1) is 14.0. The molecule has 7 nitrogen and oxygen atoms in total. The van der Waals surface area contributed by atoms with Gasteiger partial charge in [-0.05, 0) is 38.7 Å². The summed E-state index contributed by atoms with van der Waals surface area (Å²) in [4.78, 5) is 30.7. The monoisotopic (exact) mass is 416 g/mol. The van der Waals surface area contributed by atoms with Crippen molar-refractivity contribution in [1.29, 1.82) is 0 Å². The van der Waals surface area contributed by atoms with Gasteiger partial charge in [0.15, 0.2) is 0 Å². The molecule has 2 aromatic heterocycles. The van der Waals surface area contributed by atoms with Crippen LogP contribution in [0.4, 0.5) is 0 Å². The highest BCUT2D eigenvalue weighted by Crippen LogP contribution is 2.31. The van der Waals surface area contributed by atoms with E-state index in [0.29, 0.717) is 6.54 Å². The predicted molar refractivity (Wildman–Crippen MR) is 111 cm³/mol. The Morgan fingerprint density at radius 3 is 2.90 bits per heavy atom. The number of amides is 2. The molecule has 0 bridgehead atoms. The normalized spacial score (nSPS) is 19.8. The molecule has 0 saturated carbocycles. The van der Waals surface area contributed by atoms with Gasteiger partial charge in [-0.3, -0.25) is 14.5 Å². The van der Waals surface area contributed by atoms with Crippen LogP contribution in [0.5, 0.6) is 0 Å². The standard InChI is InChI=1S/C21H28N4O3S/c1-13-17(14(2)28-23-13)10-24-8-6-16-18(12-29-19(16)11-24)21(27)25-7-4-5-15(9-25)20(26)22-3/h12,15H,4-11H2,1-3H3,(H,22,26)/t15-/m0/s1. The summed E-state index contributed by atoms with van der Waals surface area (Å²) < 4.78 is 5.29. The van der Waals surface area contributed by atoms with E-state index in [0.717, 1.165) is 68.0 Å². The molecule has 1 fully saturated rings. The first kappa shape index (κ1) is 20.1. The molecule has 0 aromatic carbocycles. The van der Waals surface area contributed by atoms with Crippen LogP contribution in [0.15, 0.2) is 9.90 Å². The van der Waals surface area contributed by atoms with E-state index >= 15 is 0 Å². The van der Waals surface area contributed by atoms with Gasteiger partial charge in [0.05, 0.1) is 17.2 Å². The molecule has 2 aliphatic heterocycles. The zero-order chi connectivity index (χ0) is 20.5. The number of piperidine rings is 1. The third kappa shape index (κ3) is 3.96. The zero-order valence-corrected chi connectivity index (χ0v) is 18.1. The van der Waals surface area contributed by atoms with E-state index in [-0.39, 0.29) is 17.7 Å².